The van der Waals surface area contributed by atoms with Gasteiger partial charge in [0.05, 0.1) is 29.1 Å². The molecule has 9 heteroatoms. The number of amides is 2. The van der Waals surface area contributed by atoms with E-state index in [1.165, 1.54) is 4.90 Å². The first-order valence-corrected chi connectivity index (χ1v) is 11.1. The van der Waals surface area contributed by atoms with Crippen molar-refractivity contribution in [1.82, 2.24) is 4.98 Å². The van der Waals surface area contributed by atoms with E-state index in [2.05, 4.69) is 10.3 Å². The number of thiophene rings is 1. The Labute approximate surface area is 193 Å². The van der Waals surface area contributed by atoms with Crippen LogP contribution in [-0.2, 0) is 0 Å². The molecule has 0 saturated carbocycles. The van der Waals surface area contributed by atoms with E-state index in [1.54, 1.807) is 24.4 Å². The third-order valence-electron chi connectivity index (χ3n) is 5.23. The molecule has 0 aliphatic carbocycles. The summed E-state index contributed by atoms with van der Waals surface area (Å²) in [6.07, 6.45) is 1.58. The third kappa shape index (κ3) is 3.52. The van der Waals surface area contributed by atoms with Crippen molar-refractivity contribution in [2.45, 2.75) is 13.8 Å². The van der Waals surface area contributed by atoms with Crippen molar-refractivity contribution < 1.29 is 24.2 Å². The van der Waals surface area contributed by atoms with Crippen LogP contribution in [0.25, 0.3) is 10.2 Å². The first-order chi connectivity index (χ1) is 16.0. The molecule has 0 fully saturated rings. The van der Waals surface area contributed by atoms with Gasteiger partial charge in [-0.3, -0.25) is 4.90 Å². The Morgan fingerprint density at radius 3 is 2.67 bits per heavy atom. The molecule has 2 N–H and O–H groups in total. The number of para-hydroxylation sites is 2. The first kappa shape index (κ1) is 20.8. The summed E-state index contributed by atoms with van der Waals surface area (Å²) < 4.78 is 11.7. The summed E-state index contributed by atoms with van der Waals surface area (Å²) in [4.78, 5) is 31.2. The molecule has 8 nitrogen and oxygen atoms in total. The topological polar surface area (TPSA) is 101 Å². The number of hydrogen-bond donors (Lipinski definition) is 2. The third-order valence-corrected chi connectivity index (χ3v) is 6.31. The monoisotopic (exact) mass is 461 g/mol. The molecule has 5 rings (SSSR count). The van der Waals surface area contributed by atoms with E-state index in [1.807, 2.05) is 44.2 Å². The second kappa shape index (κ2) is 8.10. The van der Waals surface area contributed by atoms with Crippen LogP contribution in [-0.4, -0.2) is 28.7 Å². The lowest BCUT2D eigenvalue weighted by Gasteiger charge is -2.29. The molecule has 2 amide bonds. The fourth-order valence-electron chi connectivity index (χ4n) is 3.85. The Hall–Kier alpha value is -4.11. The smallest absolute Gasteiger partial charge is 0.348 e. The maximum absolute atomic E-state index is 13.1. The average molecular weight is 461 g/mol. The highest BCUT2D eigenvalue weighted by molar-refractivity contribution is 7.21. The SMILES string of the molecule is CCOc1ccccc1Oc1ccc(N2C(=O)Nc3c(C(=O)O)sc4nccc2c34)c(C)c1. The number of benzene rings is 2. The number of carboxylic acids is 1. The van der Waals surface area contributed by atoms with E-state index in [0.29, 0.717) is 45.4 Å². The summed E-state index contributed by atoms with van der Waals surface area (Å²) >= 11 is 1.04. The Bertz CT molecular complexity index is 1410. The fourth-order valence-corrected chi connectivity index (χ4v) is 4.81. The van der Waals surface area contributed by atoms with Crippen molar-refractivity contribution in [2.75, 3.05) is 16.8 Å². The van der Waals surface area contributed by atoms with E-state index in [4.69, 9.17) is 9.47 Å². The molecule has 0 bridgehead atoms. The number of aromatic carboxylic acids is 1. The average Bonchev–Trinajstić information content (AvgIpc) is 3.16. The van der Waals surface area contributed by atoms with Crippen molar-refractivity contribution >= 4 is 50.6 Å². The molecule has 0 saturated heterocycles. The highest BCUT2D eigenvalue weighted by Gasteiger charge is 2.33. The fraction of sp³-hybridized carbons (Fsp3) is 0.125. The minimum Gasteiger partial charge on any atom is -0.490 e. The van der Waals surface area contributed by atoms with E-state index in [0.717, 1.165) is 16.9 Å². The number of aromatic nitrogens is 1. The molecule has 4 aromatic rings. The zero-order chi connectivity index (χ0) is 23.1. The Morgan fingerprint density at radius 1 is 1.15 bits per heavy atom. The summed E-state index contributed by atoms with van der Waals surface area (Å²) in [6, 6.07) is 14.1. The van der Waals surface area contributed by atoms with Gasteiger partial charge in [-0.25, -0.2) is 14.6 Å². The lowest BCUT2D eigenvalue weighted by atomic mass is 10.1. The van der Waals surface area contributed by atoms with Gasteiger partial charge in [-0.1, -0.05) is 12.1 Å². The Morgan fingerprint density at radius 2 is 1.94 bits per heavy atom. The van der Waals surface area contributed by atoms with Gasteiger partial charge in [0.25, 0.3) is 0 Å². The van der Waals surface area contributed by atoms with Crippen LogP contribution in [0, 0.1) is 6.92 Å². The van der Waals surface area contributed by atoms with E-state index >= 15 is 0 Å². The van der Waals surface area contributed by atoms with Gasteiger partial charge in [0, 0.05) is 6.20 Å². The maximum atomic E-state index is 13.1. The van der Waals surface area contributed by atoms with Crippen molar-refractivity contribution in [2.24, 2.45) is 0 Å². The van der Waals surface area contributed by atoms with Crippen molar-refractivity contribution in [3.05, 3.63) is 65.2 Å². The van der Waals surface area contributed by atoms with Gasteiger partial charge in [0.1, 0.15) is 15.5 Å². The van der Waals surface area contributed by atoms with Crippen molar-refractivity contribution in [1.29, 1.82) is 0 Å². The van der Waals surface area contributed by atoms with Gasteiger partial charge < -0.3 is 19.9 Å². The van der Waals surface area contributed by atoms with Crippen LogP contribution in [0.1, 0.15) is 22.2 Å². The second-order valence-corrected chi connectivity index (χ2v) is 8.32. The van der Waals surface area contributed by atoms with Gasteiger partial charge in [0.2, 0.25) is 0 Å². The van der Waals surface area contributed by atoms with E-state index in [9.17, 15) is 14.7 Å². The second-order valence-electron chi connectivity index (χ2n) is 7.32. The van der Waals surface area contributed by atoms with Crippen LogP contribution in [0.4, 0.5) is 21.9 Å². The lowest BCUT2D eigenvalue weighted by molar-refractivity contribution is 0.0703. The molecule has 2 aromatic heterocycles. The highest BCUT2D eigenvalue weighted by atomic mass is 32.1. The summed E-state index contributed by atoms with van der Waals surface area (Å²) in [5.74, 6) is 0.750. The molecule has 1 aliphatic rings. The van der Waals surface area contributed by atoms with Crippen LogP contribution in [0.5, 0.6) is 17.2 Å². The molecule has 1 aliphatic heterocycles. The van der Waals surface area contributed by atoms with Crippen LogP contribution in [0.15, 0.2) is 54.7 Å². The number of anilines is 3. The Kier molecular flexibility index (Phi) is 5.10. The normalized spacial score (nSPS) is 12.5. The predicted octanol–water partition coefficient (Wildman–Crippen LogP) is 6.18. The highest BCUT2D eigenvalue weighted by Crippen LogP contribution is 2.46. The van der Waals surface area contributed by atoms with Gasteiger partial charge in [-0.2, -0.15) is 0 Å². The molecular formula is C24H19N3O5S. The number of aryl methyl sites for hydroxylation is 1. The standard InChI is InChI=1S/C24H19N3O5S/c1-3-31-17-6-4-5-7-18(17)32-14-8-9-15(13(2)12-14)27-16-10-11-25-22-19(16)20(26-24(27)30)21(33-22)23(28)29/h4-12H,3H2,1-2H3,(H,26,30)(H,28,29). The number of carbonyl (C=O) groups excluding carboxylic acids is 1. The number of pyridine rings is 1. The summed E-state index contributed by atoms with van der Waals surface area (Å²) in [6.45, 7) is 4.32. The van der Waals surface area contributed by atoms with Crippen LogP contribution < -0.4 is 19.7 Å². The number of carbonyl (C=O) groups is 2. The van der Waals surface area contributed by atoms with Crippen LogP contribution in [0.2, 0.25) is 0 Å². The minimum absolute atomic E-state index is 0.0615. The number of nitrogens with zero attached hydrogens (tertiary/aromatic N) is 2. The Balaban J connectivity index is 1.54. The number of ether oxygens (including phenoxy) is 2. The first-order valence-electron chi connectivity index (χ1n) is 10.2. The molecule has 166 valence electrons. The summed E-state index contributed by atoms with van der Waals surface area (Å²) in [7, 11) is 0. The zero-order valence-corrected chi connectivity index (χ0v) is 18.6. The number of urea groups is 1. The minimum atomic E-state index is -1.10. The molecule has 2 aromatic carbocycles. The number of carboxylic acid groups (broad SMARTS) is 1. The molecule has 0 radical (unpaired) electrons. The number of rotatable bonds is 6. The molecule has 33 heavy (non-hydrogen) atoms. The van der Waals surface area contributed by atoms with Crippen molar-refractivity contribution in [3.63, 3.8) is 0 Å². The van der Waals surface area contributed by atoms with Gasteiger partial charge in [-0.15, -0.1) is 11.3 Å². The summed E-state index contributed by atoms with van der Waals surface area (Å²) in [5.41, 5.74) is 2.33. The number of nitrogens with one attached hydrogen (secondary N) is 1. The summed E-state index contributed by atoms with van der Waals surface area (Å²) in [5, 5.41) is 12.9. The van der Waals surface area contributed by atoms with Crippen LogP contribution >= 0.6 is 11.3 Å². The van der Waals surface area contributed by atoms with E-state index < -0.39 is 12.0 Å². The quantitative estimate of drug-likeness (QED) is 0.356. The lowest BCUT2D eigenvalue weighted by Crippen LogP contribution is -2.34. The predicted molar refractivity (Wildman–Crippen MR) is 127 cm³/mol. The maximum Gasteiger partial charge on any atom is 0.348 e. The van der Waals surface area contributed by atoms with Gasteiger partial charge in [-0.05, 0) is 55.8 Å². The zero-order valence-electron chi connectivity index (χ0n) is 17.8. The van der Waals surface area contributed by atoms with Crippen molar-refractivity contribution in [3.8, 4) is 17.2 Å². The van der Waals surface area contributed by atoms with E-state index in [-0.39, 0.29) is 10.6 Å². The molecular weight excluding hydrogens is 442 g/mol. The molecule has 0 unspecified atom stereocenters. The molecule has 0 atom stereocenters. The van der Waals surface area contributed by atoms with Gasteiger partial charge in [0.15, 0.2) is 11.5 Å². The number of hydrogen-bond acceptors (Lipinski definition) is 6. The molecule has 0 spiro atoms. The molecule has 3 heterocycles. The van der Waals surface area contributed by atoms with Gasteiger partial charge >= 0.3 is 12.0 Å². The van der Waals surface area contributed by atoms with Crippen LogP contribution in [0.3, 0.4) is 0 Å². The largest absolute Gasteiger partial charge is 0.490 e.